The molecule has 2 unspecified atom stereocenters. The third-order valence-electron chi connectivity index (χ3n) is 6.84. The maximum atomic E-state index is 14.0. The number of nitrogens with one attached hydrogen (secondary N) is 2. The fraction of sp³-hybridized carbons (Fsp3) is 0.385. The molecule has 7 nitrogen and oxygen atoms in total. The highest BCUT2D eigenvalue weighted by molar-refractivity contribution is 5.90. The lowest BCUT2D eigenvalue weighted by molar-refractivity contribution is 0.159. The number of methoxy groups -OCH3 is 1. The van der Waals surface area contributed by atoms with Crippen molar-refractivity contribution in [3.8, 4) is 5.69 Å². The van der Waals surface area contributed by atoms with Crippen LogP contribution in [0.15, 0.2) is 48.5 Å². The van der Waals surface area contributed by atoms with Gasteiger partial charge in [-0.15, -0.1) is 0 Å². The number of rotatable bonds is 7. The first-order valence-electron chi connectivity index (χ1n) is 11.9. The van der Waals surface area contributed by atoms with E-state index in [-0.39, 0.29) is 18.0 Å². The molecule has 2 N–H and O–H groups in total. The SMILES string of the molecule is COCCN1CC(NC(=O)Nc2c3c(nn2-c2ccccc2)CCC3)C(c2ccc(F)c(F)c2)C1. The van der Waals surface area contributed by atoms with E-state index in [1.807, 2.05) is 30.3 Å². The molecule has 2 atom stereocenters. The number of carbonyl (C=O) groups is 1. The van der Waals surface area contributed by atoms with Crippen LogP contribution in [0.2, 0.25) is 0 Å². The number of aromatic nitrogens is 2. The van der Waals surface area contributed by atoms with Gasteiger partial charge < -0.3 is 10.1 Å². The van der Waals surface area contributed by atoms with Crippen molar-refractivity contribution in [1.29, 1.82) is 0 Å². The van der Waals surface area contributed by atoms with Gasteiger partial charge in [0.1, 0.15) is 5.82 Å². The largest absolute Gasteiger partial charge is 0.383 e. The number of fused-ring (bicyclic) bond motifs is 1. The van der Waals surface area contributed by atoms with Gasteiger partial charge in [0, 0.05) is 38.2 Å². The molecule has 1 aliphatic carbocycles. The Kier molecular flexibility index (Phi) is 6.79. The summed E-state index contributed by atoms with van der Waals surface area (Å²) in [7, 11) is 1.64. The highest BCUT2D eigenvalue weighted by atomic mass is 19.2. The van der Waals surface area contributed by atoms with Crippen molar-refractivity contribution in [2.24, 2.45) is 0 Å². The van der Waals surface area contributed by atoms with E-state index in [4.69, 9.17) is 9.84 Å². The summed E-state index contributed by atoms with van der Waals surface area (Å²) in [6.07, 6.45) is 2.77. The molecule has 0 spiro atoms. The lowest BCUT2D eigenvalue weighted by Crippen LogP contribution is -2.42. The number of urea groups is 1. The normalized spacial score (nSPS) is 19.6. The van der Waals surface area contributed by atoms with Crippen LogP contribution in [0.5, 0.6) is 0 Å². The Morgan fingerprint density at radius 2 is 1.94 bits per heavy atom. The monoisotopic (exact) mass is 481 g/mol. The number of aryl methyl sites for hydroxylation is 1. The van der Waals surface area contributed by atoms with Gasteiger partial charge in [-0.1, -0.05) is 24.3 Å². The van der Waals surface area contributed by atoms with Crippen LogP contribution in [-0.2, 0) is 17.6 Å². The summed E-state index contributed by atoms with van der Waals surface area (Å²) in [6, 6.07) is 13.0. The van der Waals surface area contributed by atoms with Crippen LogP contribution in [0, 0.1) is 11.6 Å². The van der Waals surface area contributed by atoms with Gasteiger partial charge in [-0.05, 0) is 49.1 Å². The number of nitrogens with zero attached hydrogens (tertiary/aromatic N) is 3. The van der Waals surface area contributed by atoms with Gasteiger partial charge in [-0.25, -0.2) is 18.3 Å². The fourth-order valence-electron chi connectivity index (χ4n) is 5.10. The van der Waals surface area contributed by atoms with Crippen molar-refractivity contribution in [1.82, 2.24) is 20.0 Å². The number of amides is 2. The predicted octanol–water partition coefficient (Wildman–Crippen LogP) is 3.88. The van der Waals surface area contributed by atoms with E-state index < -0.39 is 11.6 Å². The van der Waals surface area contributed by atoms with E-state index in [9.17, 15) is 13.6 Å². The molecular weight excluding hydrogens is 452 g/mol. The Hall–Kier alpha value is -3.30. The minimum atomic E-state index is -0.886. The van der Waals surface area contributed by atoms with Crippen LogP contribution in [-0.4, -0.2) is 60.1 Å². The van der Waals surface area contributed by atoms with Gasteiger partial charge in [0.25, 0.3) is 0 Å². The molecule has 2 amide bonds. The van der Waals surface area contributed by atoms with Crippen LogP contribution in [0.25, 0.3) is 5.69 Å². The molecule has 3 aromatic rings. The molecule has 35 heavy (non-hydrogen) atoms. The predicted molar refractivity (Wildman–Crippen MR) is 129 cm³/mol. The van der Waals surface area contributed by atoms with Crippen LogP contribution < -0.4 is 10.6 Å². The molecule has 1 saturated heterocycles. The number of para-hydroxylation sites is 1. The standard InChI is InChI=1S/C26H29F2N5O2/c1-35-13-12-32-15-20(17-10-11-21(27)22(28)14-17)24(16-32)29-26(34)30-25-19-8-5-9-23(19)31-33(25)18-6-3-2-4-7-18/h2-4,6-7,10-11,14,20,24H,5,8-9,12-13,15-16H2,1H3,(H2,29,30,34). The van der Waals surface area contributed by atoms with Crippen LogP contribution in [0.1, 0.15) is 29.2 Å². The van der Waals surface area contributed by atoms with Crippen molar-refractivity contribution in [2.75, 3.05) is 38.7 Å². The average Bonchev–Trinajstić information content (AvgIpc) is 3.56. The van der Waals surface area contributed by atoms with Crippen molar-refractivity contribution < 1.29 is 18.3 Å². The summed E-state index contributed by atoms with van der Waals surface area (Å²) in [5.74, 6) is -1.27. The molecule has 0 bridgehead atoms. The topological polar surface area (TPSA) is 71.4 Å². The van der Waals surface area contributed by atoms with E-state index in [1.54, 1.807) is 17.9 Å². The number of halogens is 2. The van der Waals surface area contributed by atoms with Crippen molar-refractivity contribution in [2.45, 2.75) is 31.2 Å². The number of likely N-dealkylation sites (tertiary alicyclic amines) is 1. The third kappa shape index (κ3) is 4.92. The van der Waals surface area contributed by atoms with Gasteiger partial charge in [0.05, 0.1) is 24.0 Å². The van der Waals surface area contributed by atoms with Crippen molar-refractivity contribution in [3.05, 3.63) is 77.0 Å². The zero-order valence-electron chi connectivity index (χ0n) is 19.6. The summed E-state index contributed by atoms with van der Waals surface area (Å²) >= 11 is 0. The molecule has 1 aromatic heterocycles. The molecule has 2 aliphatic rings. The van der Waals surface area contributed by atoms with E-state index in [0.29, 0.717) is 37.6 Å². The smallest absolute Gasteiger partial charge is 0.320 e. The zero-order valence-corrected chi connectivity index (χ0v) is 19.6. The Morgan fingerprint density at radius 3 is 2.71 bits per heavy atom. The number of hydrogen-bond donors (Lipinski definition) is 2. The molecule has 0 radical (unpaired) electrons. The number of anilines is 1. The third-order valence-corrected chi connectivity index (χ3v) is 6.84. The lowest BCUT2D eigenvalue weighted by atomic mass is 9.94. The molecule has 1 aliphatic heterocycles. The first kappa shape index (κ1) is 23.4. The maximum absolute atomic E-state index is 14.0. The number of ether oxygens (including phenoxy) is 1. The molecular formula is C26H29F2N5O2. The lowest BCUT2D eigenvalue weighted by Gasteiger charge is -2.21. The molecule has 2 aromatic carbocycles. The first-order valence-corrected chi connectivity index (χ1v) is 11.9. The maximum Gasteiger partial charge on any atom is 0.320 e. The Bertz CT molecular complexity index is 1200. The highest BCUT2D eigenvalue weighted by Crippen LogP contribution is 2.32. The fourth-order valence-corrected chi connectivity index (χ4v) is 5.10. The molecule has 1 fully saturated rings. The van der Waals surface area contributed by atoms with E-state index in [2.05, 4.69) is 15.5 Å². The Morgan fingerprint density at radius 1 is 1.11 bits per heavy atom. The van der Waals surface area contributed by atoms with Crippen LogP contribution in [0.3, 0.4) is 0 Å². The van der Waals surface area contributed by atoms with E-state index >= 15 is 0 Å². The summed E-state index contributed by atoms with van der Waals surface area (Å²) in [5.41, 5.74) is 3.61. The summed E-state index contributed by atoms with van der Waals surface area (Å²) < 4.78 is 34.5. The molecule has 5 rings (SSSR count). The number of benzene rings is 2. The second kappa shape index (κ2) is 10.1. The second-order valence-electron chi connectivity index (χ2n) is 9.11. The first-order chi connectivity index (χ1) is 17.0. The summed E-state index contributed by atoms with van der Waals surface area (Å²) in [5, 5.41) is 10.9. The second-order valence-corrected chi connectivity index (χ2v) is 9.11. The number of carbonyl (C=O) groups excluding carboxylic acids is 1. The van der Waals surface area contributed by atoms with Crippen molar-refractivity contribution in [3.63, 3.8) is 0 Å². The molecule has 184 valence electrons. The highest BCUT2D eigenvalue weighted by Gasteiger charge is 2.35. The van der Waals surface area contributed by atoms with Gasteiger partial charge in [-0.3, -0.25) is 10.2 Å². The molecule has 0 saturated carbocycles. The zero-order chi connectivity index (χ0) is 24.4. The Labute approximate surface area is 203 Å². The molecule has 9 heteroatoms. The average molecular weight is 482 g/mol. The van der Waals surface area contributed by atoms with E-state index in [0.717, 1.165) is 42.3 Å². The van der Waals surface area contributed by atoms with Crippen LogP contribution in [0.4, 0.5) is 19.4 Å². The summed E-state index contributed by atoms with van der Waals surface area (Å²) in [4.78, 5) is 15.4. The van der Waals surface area contributed by atoms with Gasteiger partial charge in [0.15, 0.2) is 11.6 Å². The summed E-state index contributed by atoms with van der Waals surface area (Å²) in [6.45, 7) is 2.42. The van der Waals surface area contributed by atoms with E-state index in [1.165, 1.54) is 6.07 Å². The Balaban J connectivity index is 1.37. The minimum absolute atomic E-state index is 0.183. The minimum Gasteiger partial charge on any atom is -0.383 e. The van der Waals surface area contributed by atoms with Gasteiger partial charge >= 0.3 is 6.03 Å². The van der Waals surface area contributed by atoms with Crippen molar-refractivity contribution >= 4 is 11.8 Å². The number of hydrogen-bond acceptors (Lipinski definition) is 4. The van der Waals surface area contributed by atoms with Gasteiger partial charge in [0.2, 0.25) is 0 Å². The quantitative estimate of drug-likeness (QED) is 0.538. The van der Waals surface area contributed by atoms with Gasteiger partial charge in [-0.2, -0.15) is 5.10 Å². The molecule has 2 heterocycles. The van der Waals surface area contributed by atoms with Crippen LogP contribution >= 0.6 is 0 Å².